The molecule has 3 nitrogen and oxygen atoms in total. The molecular weight excluding hydrogens is 252 g/mol. The molecule has 2 aromatic rings. The van der Waals surface area contributed by atoms with Gasteiger partial charge in [-0.25, -0.2) is 0 Å². The minimum atomic E-state index is -0.614. The van der Waals surface area contributed by atoms with E-state index in [-0.39, 0.29) is 0 Å². The highest BCUT2D eigenvalue weighted by molar-refractivity contribution is 5.35. The van der Waals surface area contributed by atoms with E-state index in [1.165, 1.54) is 5.56 Å². The van der Waals surface area contributed by atoms with Crippen LogP contribution >= 0.6 is 0 Å². The number of hydrogen-bond donors (Lipinski definition) is 1. The Morgan fingerprint density at radius 2 is 1.45 bits per heavy atom. The van der Waals surface area contributed by atoms with Gasteiger partial charge < -0.3 is 14.6 Å². The van der Waals surface area contributed by atoms with Crippen molar-refractivity contribution in [2.45, 2.75) is 12.5 Å². The van der Waals surface area contributed by atoms with Crippen LogP contribution < -0.4 is 4.74 Å². The maximum absolute atomic E-state index is 10.4. The number of methoxy groups -OCH3 is 2. The van der Waals surface area contributed by atoms with Crippen LogP contribution in [0.5, 0.6) is 5.75 Å². The van der Waals surface area contributed by atoms with Gasteiger partial charge in [0.1, 0.15) is 11.9 Å². The molecule has 3 heteroatoms. The maximum atomic E-state index is 10.4. The van der Waals surface area contributed by atoms with Gasteiger partial charge in [0, 0.05) is 7.11 Å². The van der Waals surface area contributed by atoms with E-state index in [0.29, 0.717) is 6.61 Å². The van der Waals surface area contributed by atoms with E-state index in [0.717, 1.165) is 23.3 Å². The van der Waals surface area contributed by atoms with E-state index in [2.05, 4.69) is 0 Å². The highest BCUT2D eigenvalue weighted by Gasteiger charge is 2.10. The van der Waals surface area contributed by atoms with E-state index in [1.807, 2.05) is 48.5 Å². The molecule has 0 aliphatic carbocycles. The summed E-state index contributed by atoms with van der Waals surface area (Å²) in [6.07, 6.45) is 0.271. The average Bonchev–Trinajstić information content (AvgIpc) is 2.53. The van der Waals surface area contributed by atoms with Crippen LogP contribution in [-0.4, -0.2) is 25.9 Å². The molecule has 0 amide bonds. The lowest BCUT2D eigenvalue weighted by atomic mass is 10.00. The van der Waals surface area contributed by atoms with Crippen LogP contribution in [0.2, 0.25) is 0 Å². The van der Waals surface area contributed by atoms with Crippen molar-refractivity contribution in [2.24, 2.45) is 0 Å². The van der Waals surface area contributed by atoms with Crippen LogP contribution in [0.25, 0.3) is 0 Å². The van der Waals surface area contributed by atoms with Crippen molar-refractivity contribution in [1.29, 1.82) is 0 Å². The van der Waals surface area contributed by atoms with E-state index < -0.39 is 6.10 Å². The highest BCUT2D eigenvalue weighted by atomic mass is 16.5. The molecule has 0 bridgehead atoms. The Hall–Kier alpha value is -1.84. The van der Waals surface area contributed by atoms with E-state index in [9.17, 15) is 5.11 Å². The summed E-state index contributed by atoms with van der Waals surface area (Å²) in [6, 6.07) is 15.4. The van der Waals surface area contributed by atoms with Crippen molar-refractivity contribution in [2.75, 3.05) is 20.8 Å². The van der Waals surface area contributed by atoms with Crippen LogP contribution in [0.1, 0.15) is 22.8 Å². The Morgan fingerprint density at radius 3 is 1.95 bits per heavy atom. The second-order valence-electron chi connectivity index (χ2n) is 4.66. The normalized spacial score (nSPS) is 12.2. The lowest BCUT2D eigenvalue weighted by molar-refractivity contribution is 0.202. The molecular formula is C17H20O3. The largest absolute Gasteiger partial charge is 0.497 e. The highest BCUT2D eigenvalue weighted by Crippen LogP contribution is 2.24. The molecule has 1 unspecified atom stereocenters. The molecule has 0 aromatic heterocycles. The zero-order valence-corrected chi connectivity index (χ0v) is 11.9. The fourth-order valence-corrected chi connectivity index (χ4v) is 2.07. The fraction of sp³-hybridized carbons (Fsp3) is 0.294. The number of aliphatic hydroxyl groups is 1. The van der Waals surface area contributed by atoms with E-state index in [4.69, 9.17) is 9.47 Å². The molecule has 2 rings (SSSR count). The van der Waals surface area contributed by atoms with Crippen molar-refractivity contribution >= 4 is 0 Å². The summed E-state index contributed by atoms with van der Waals surface area (Å²) in [7, 11) is 3.33. The van der Waals surface area contributed by atoms with E-state index >= 15 is 0 Å². The summed E-state index contributed by atoms with van der Waals surface area (Å²) in [5.41, 5.74) is 2.95. The quantitative estimate of drug-likeness (QED) is 0.878. The van der Waals surface area contributed by atoms with Crippen molar-refractivity contribution in [3.05, 3.63) is 65.2 Å². The molecule has 0 aliphatic heterocycles. The lowest BCUT2D eigenvalue weighted by Gasteiger charge is -2.12. The Kier molecular flexibility index (Phi) is 5.16. The number of rotatable bonds is 6. The Balaban J connectivity index is 2.09. The second-order valence-corrected chi connectivity index (χ2v) is 4.66. The summed E-state index contributed by atoms with van der Waals surface area (Å²) in [6.45, 7) is 0.709. The molecule has 0 radical (unpaired) electrons. The van der Waals surface area contributed by atoms with Crippen molar-refractivity contribution in [3.8, 4) is 5.75 Å². The smallest absolute Gasteiger partial charge is 0.118 e. The van der Waals surface area contributed by atoms with Crippen LogP contribution in [0.15, 0.2) is 48.5 Å². The van der Waals surface area contributed by atoms with Gasteiger partial charge in [0.15, 0.2) is 0 Å². The number of benzene rings is 2. The zero-order valence-electron chi connectivity index (χ0n) is 11.9. The second kappa shape index (κ2) is 7.08. The Bertz CT molecular complexity index is 517. The molecule has 106 valence electrons. The summed E-state index contributed by atoms with van der Waals surface area (Å²) in [4.78, 5) is 0. The number of hydrogen-bond acceptors (Lipinski definition) is 3. The van der Waals surface area contributed by atoms with Crippen molar-refractivity contribution < 1.29 is 14.6 Å². The molecule has 0 spiro atoms. The average molecular weight is 272 g/mol. The standard InChI is InChI=1S/C17H20O3/c1-19-12-11-13-3-5-14(6-4-13)17(18)15-7-9-16(20-2)10-8-15/h3-10,17-18H,11-12H2,1-2H3. The van der Waals surface area contributed by atoms with Gasteiger partial charge in [0.25, 0.3) is 0 Å². The first-order valence-electron chi connectivity index (χ1n) is 6.64. The van der Waals surface area contributed by atoms with Gasteiger partial charge in [0.05, 0.1) is 13.7 Å². The first-order chi connectivity index (χ1) is 9.74. The predicted molar refractivity (Wildman–Crippen MR) is 79.1 cm³/mol. The minimum Gasteiger partial charge on any atom is -0.497 e. The Morgan fingerprint density at radius 1 is 0.900 bits per heavy atom. The van der Waals surface area contributed by atoms with E-state index in [1.54, 1.807) is 14.2 Å². The van der Waals surface area contributed by atoms with Crippen LogP contribution in [0, 0.1) is 0 Å². The molecule has 0 saturated carbocycles. The summed E-state index contributed by atoms with van der Waals surface area (Å²) in [5, 5.41) is 10.4. The molecule has 1 N–H and O–H groups in total. The van der Waals surface area contributed by atoms with Gasteiger partial charge in [-0.1, -0.05) is 36.4 Å². The van der Waals surface area contributed by atoms with Crippen molar-refractivity contribution in [3.63, 3.8) is 0 Å². The van der Waals surface area contributed by atoms with Crippen LogP contribution in [0.4, 0.5) is 0 Å². The van der Waals surface area contributed by atoms with Crippen molar-refractivity contribution in [1.82, 2.24) is 0 Å². The van der Waals surface area contributed by atoms with Crippen LogP contribution in [-0.2, 0) is 11.2 Å². The van der Waals surface area contributed by atoms with Gasteiger partial charge in [-0.3, -0.25) is 0 Å². The summed E-state index contributed by atoms with van der Waals surface area (Å²) >= 11 is 0. The lowest BCUT2D eigenvalue weighted by Crippen LogP contribution is -2.00. The summed E-state index contributed by atoms with van der Waals surface area (Å²) < 4.78 is 10.2. The third-order valence-electron chi connectivity index (χ3n) is 3.32. The summed E-state index contributed by atoms with van der Waals surface area (Å²) in [5.74, 6) is 0.788. The van der Waals surface area contributed by atoms with Gasteiger partial charge in [0.2, 0.25) is 0 Å². The zero-order chi connectivity index (χ0) is 14.4. The number of ether oxygens (including phenoxy) is 2. The van der Waals surface area contributed by atoms with Gasteiger partial charge in [-0.15, -0.1) is 0 Å². The number of aliphatic hydroxyl groups excluding tert-OH is 1. The first kappa shape index (κ1) is 14.6. The molecule has 0 heterocycles. The minimum absolute atomic E-state index is 0.614. The Labute approximate surface area is 119 Å². The fourth-order valence-electron chi connectivity index (χ4n) is 2.07. The third-order valence-corrected chi connectivity index (χ3v) is 3.32. The van der Waals surface area contributed by atoms with Crippen LogP contribution in [0.3, 0.4) is 0 Å². The molecule has 0 saturated heterocycles. The topological polar surface area (TPSA) is 38.7 Å². The molecule has 1 atom stereocenters. The molecule has 2 aromatic carbocycles. The molecule has 0 fully saturated rings. The molecule has 20 heavy (non-hydrogen) atoms. The monoisotopic (exact) mass is 272 g/mol. The molecule has 0 aliphatic rings. The third kappa shape index (κ3) is 3.59. The van der Waals surface area contributed by atoms with Gasteiger partial charge in [-0.05, 0) is 35.2 Å². The first-order valence-corrected chi connectivity index (χ1v) is 6.64. The van der Waals surface area contributed by atoms with Gasteiger partial charge in [-0.2, -0.15) is 0 Å². The SMILES string of the molecule is COCCc1ccc(C(O)c2ccc(OC)cc2)cc1. The predicted octanol–water partition coefficient (Wildman–Crippen LogP) is 2.97. The maximum Gasteiger partial charge on any atom is 0.118 e. The van der Waals surface area contributed by atoms with Gasteiger partial charge >= 0.3 is 0 Å².